The van der Waals surface area contributed by atoms with Crippen molar-refractivity contribution in [3.63, 3.8) is 0 Å². The second-order valence-corrected chi connectivity index (χ2v) is 4.37. The van der Waals surface area contributed by atoms with Gasteiger partial charge in [-0.05, 0) is 36.3 Å². The molecule has 20 heavy (non-hydrogen) atoms. The lowest BCUT2D eigenvalue weighted by Gasteiger charge is -2.02. The van der Waals surface area contributed by atoms with Gasteiger partial charge in [0.1, 0.15) is 0 Å². The summed E-state index contributed by atoms with van der Waals surface area (Å²) in [5.41, 5.74) is 3.40. The van der Waals surface area contributed by atoms with Crippen molar-refractivity contribution >= 4 is 24.5 Å². The highest BCUT2D eigenvalue weighted by molar-refractivity contribution is 5.91. The van der Waals surface area contributed by atoms with Crippen LogP contribution in [0.5, 0.6) is 0 Å². The van der Waals surface area contributed by atoms with Gasteiger partial charge >= 0.3 is 5.97 Å². The van der Waals surface area contributed by atoms with Crippen LogP contribution in [-0.2, 0) is 11.2 Å². The molecule has 0 bridgehead atoms. The molecule has 2 aromatic rings. The highest BCUT2D eigenvalue weighted by Crippen LogP contribution is 2.12. The summed E-state index contributed by atoms with van der Waals surface area (Å²) in [5.74, 6) is -0.891. The van der Waals surface area contributed by atoms with Crippen molar-refractivity contribution in [3.05, 3.63) is 71.1 Å². The molecule has 0 aliphatic heterocycles. The molecular weight excluding hydrogens is 274 g/mol. The third-order valence-corrected chi connectivity index (χ3v) is 2.81. The van der Waals surface area contributed by atoms with Crippen LogP contribution in [0.15, 0.2) is 54.2 Å². The second kappa shape index (κ2) is 7.46. The quantitative estimate of drug-likeness (QED) is 0.875. The molecule has 104 valence electrons. The van der Waals surface area contributed by atoms with Crippen molar-refractivity contribution in [2.24, 2.45) is 0 Å². The number of rotatable bonds is 4. The maximum atomic E-state index is 10.7. The fourth-order valence-corrected chi connectivity index (χ4v) is 1.76. The number of nitrogens with zero attached hydrogens (tertiary/aromatic N) is 1. The number of carboxylic acid groups (broad SMARTS) is 1. The van der Waals surface area contributed by atoms with Gasteiger partial charge in [-0.3, -0.25) is 4.98 Å². The first-order chi connectivity index (χ1) is 9.15. The Hall–Kier alpha value is -2.13. The van der Waals surface area contributed by atoms with Crippen LogP contribution in [0.25, 0.3) is 6.08 Å². The van der Waals surface area contributed by atoms with E-state index in [0.717, 1.165) is 23.2 Å². The highest BCUT2D eigenvalue weighted by atomic mass is 35.5. The number of benzene rings is 1. The predicted octanol–water partition coefficient (Wildman–Crippen LogP) is 3.58. The molecule has 0 amide bonds. The number of halogens is 1. The fraction of sp³-hybridized carbons (Fsp3) is 0.125. The van der Waals surface area contributed by atoms with Gasteiger partial charge in [-0.15, -0.1) is 12.4 Å². The van der Waals surface area contributed by atoms with Crippen molar-refractivity contribution in [1.29, 1.82) is 0 Å². The normalized spacial score (nSPS) is 10.8. The van der Waals surface area contributed by atoms with Gasteiger partial charge < -0.3 is 5.11 Å². The lowest BCUT2D eigenvalue weighted by molar-refractivity contribution is -0.132. The summed E-state index contributed by atoms with van der Waals surface area (Å²) in [6.07, 6.45) is 4.22. The Morgan fingerprint density at radius 3 is 2.45 bits per heavy atom. The fourth-order valence-electron chi connectivity index (χ4n) is 1.76. The average Bonchev–Trinajstić information content (AvgIpc) is 2.42. The third-order valence-electron chi connectivity index (χ3n) is 2.81. The minimum Gasteiger partial charge on any atom is -0.478 e. The molecule has 1 aromatic heterocycles. The van der Waals surface area contributed by atoms with Crippen molar-refractivity contribution in [2.75, 3.05) is 0 Å². The Labute approximate surface area is 124 Å². The number of carbonyl (C=O) groups is 1. The van der Waals surface area contributed by atoms with Crippen LogP contribution < -0.4 is 0 Å². The first-order valence-corrected chi connectivity index (χ1v) is 6.05. The first-order valence-electron chi connectivity index (χ1n) is 6.05. The van der Waals surface area contributed by atoms with E-state index in [4.69, 9.17) is 5.11 Å². The average molecular weight is 290 g/mol. The molecule has 1 aromatic carbocycles. The molecule has 0 fully saturated rings. The Morgan fingerprint density at radius 1 is 1.20 bits per heavy atom. The first kappa shape index (κ1) is 15.9. The molecule has 0 saturated heterocycles. The highest BCUT2D eigenvalue weighted by Gasteiger charge is 2.00. The molecule has 0 aliphatic carbocycles. The zero-order chi connectivity index (χ0) is 13.7. The van der Waals surface area contributed by atoms with Gasteiger partial charge in [-0.2, -0.15) is 0 Å². The molecule has 0 radical (unpaired) electrons. The zero-order valence-corrected chi connectivity index (χ0v) is 11.9. The van der Waals surface area contributed by atoms with E-state index in [1.807, 2.05) is 42.5 Å². The van der Waals surface area contributed by atoms with Gasteiger partial charge in [0.2, 0.25) is 0 Å². The monoisotopic (exact) mass is 289 g/mol. The van der Waals surface area contributed by atoms with E-state index < -0.39 is 5.97 Å². The van der Waals surface area contributed by atoms with Crippen molar-refractivity contribution in [1.82, 2.24) is 4.98 Å². The molecule has 0 unspecified atom stereocenters. The number of pyridine rings is 1. The lowest BCUT2D eigenvalue weighted by atomic mass is 10.1. The molecule has 1 heterocycles. The molecule has 0 saturated carbocycles. The number of hydrogen-bond donors (Lipinski definition) is 1. The van der Waals surface area contributed by atoms with Crippen LogP contribution in [0.4, 0.5) is 0 Å². The van der Waals surface area contributed by atoms with Crippen molar-refractivity contribution in [3.8, 4) is 0 Å². The Kier molecular flexibility index (Phi) is 5.94. The minimum absolute atomic E-state index is 0. The summed E-state index contributed by atoms with van der Waals surface area (Å²) in [6.45, 7) is 1.59. The predicted molar refractivity (Wildman–Crippen MR) is 82.0 cm³/mol. The summed E-state index contributed by atoms with van der Waals surface area (Å²) in [4.78, 5) is 15.0. The van der Waals surface area contributed by atoms with E-state index in [1.54, 1.807) is 19.2 Å². The topological polar surface area (TPSA) is 50.2 Å². The molecule has 0 aliphatic rings. The Morgan fingerprint density at radius 2 is 1.90 bits per heavy atom. The minimum atomic E-state index is -0.891. The SMILES string of the molecule is CC(=Cc1ccc(Cc2ccccn2)cc1)C(=O)O.Cl. The van der Waals surface area contributed by atoms with Crippen molar-refractivity contribution in [2.45, 2.75) is 13.3 Å². The summed E-state index contributed by atoms with van der Waals surface area (Å²) >= 11 is 0. The third kappa shape index (κ3) is 4.52. The maximum absolute atomic E-state index is 10.7. The molecule has 1 N–H and O–H groups in total. The Bertz CT molecular complexity index is 592. The van der Waals surface area contributed by atoms with Gasteiger partial charge in [0.15, 0.2) is 0 Å². The van der Waals surface area contributed by atoms with E-state index in [0.29, 0.717) is 5.57 Å². The summed E-state index contributed by atoms with van der Waals surface area (Å²) < 4.78 is 0. The summed E-state index contributed by atoms with van der Waals surface area (Å²) in [5, 5.41) is 8.82. The molecule has 0 atom stereocenters. The smallest absolute Gasteiger partial charge is 0.331 e. The summed E-state index contributed by atoms with van der Waals surface area (Å²) in [6, 6.07) is 13.7. The van der Waals surface area contributed by atoms with Gasteiger partial charge in [0.25, 0.3) is 0 Å². The van der Waals surface area contributed by atoms with Crippen LogP contribution in [0, 0.1) is 0 Å². The van der Waals surface area contributed by atoms with E-state index >= 15 is 0 Å². The second-order valence-electron chi connectivity index (χ2n) is 4.37. The molecule has 0 spiro atoms. The van der Waals surface area contributed by atoms with Gasteiger partial charge in [0.05, 0.1) is 0 Å². The van der Waals surface area contributed by atoms with Crippen molar-refractivity contribution < 1.29 is 9.90 Å². The van der Waals surface area contributed by atoms with Crippen LogP contribution in [-0.4, -0.2) is 16.1 Å². The molecule has 4 heteroatoms. The number of aliphatic carboxylic acids is 1. The van der Waals surface area contributed by atoms with Crippen LogP contribution in [0.2, 0.25) is 0 Å². The van der Waals surface area contributed by atoms with Gasteiger partial charge in [-0.1, -0.05) is 30.3 Å². The number of carboxylic acids is 1. The van der Waals surface area contributed by atoms with Crippen LogP contribution in [0.1, 0.15) is 23.7 Å². The van der Waals surface area contributed by atoms with E-state index in [2.05, 4.69) is 4.98 Å². The summed E-state index contributed by atoms with van der Waals surface area (Å²) in [7, 11) is 0. The largest absolute Gasteiger partial charge is 0.478 e. The zero-order valence-electron chi connectivity index (χ0n) is 11.1. The standard InChI is InChI=1S/C16H15NO2.ClH/c1-12(16(18)19)10-13-5-7-14(8-6-13)11-15-4-2-3-9-17-15;/h2-10H,11H2,1H3,(H,18,19);1H. The van der Waals surface area contributed by atoms with E-state index in [9.17, 15) is 4.79 Å². The molecule has 2 rings (SSSR count). The van der Waals surface area contributed by atoms with Gasteiger partial charge in [0, 0.05) is 23.9 Å². The van der Waals surface area contributed by atoms with E-state index in [1.165, 1.54) is 0 Å². The van der Waals surface area contributed by atoms with E-state index in [-0.39, 0.29) is 12.4 Å². The van der Waals surface area contributed by atoms with Gasteiger partial charge in [-0.25, -0.2) is 4.79 Å². The Balaban J connectivity index is 0.00000200. The number of aromatic nitrogens is 1. The molecular formula is C16H16ClNO2. The maximum Gasteiger partial charge on any atom is 0.331 e. The molecule has 3 nitrogen and oxygen atoms in total. The van der Waals surface area contributed by atoms with Crippen LogP contribution >= 0.6 is 12.4 Å². The number of hydrogen-bond acceptors (Lipinski definition) is 2. The lowest BCUT2D eigenvalue weighted by Crippen LogP contribution is -1.95. The van der Waals surface area contributed by atoms with Crippen LogP contribution in [0.3, 0.4) is 0 Å².